The number of hydrogen-bond donors (Lipinski definition) is 2. The lowest BCUT2D eigenvalue weighted by Gasteiger charge is -2.46. The molecule has 3 aromatic rings. The number of carbonyl (C=O) groups is 1. The first-order valence-corrected chi connectivity index (χ1v) is 12.5. The van der Waals surface area contributed by atoms with Gasteiger partial charge in [0.15, 0.2) is 0 Å². The summed E-state index contributed by atoms with van der Waals surface area (Å²) in [6, 6.07) is 15.5. The largest absolute Gasteiger partial charge is 0.348 e. The number of aryl methyl sites for hydroxylation is 1. The standard InChI is InChI=1S/C29H34N4O/c1-5-33(6-2)29(34)30-21-16-23-22-11-8-12-26-28(22)24(17-27(23)32(4)18-21)25(31-26)14-13-20-10-7-9-19(3)15-20/h7-12,15,21,23,27,31H,5-6,16-18H2,1-4H3,(H,30,34)/t21-,23+,27+/m0/s1. The van der Waals surface area contributed by atoms with Crippen molar-refractivity contribution in [3.05, 3.63) is 70.4 Å². The molecule has 5 rings (SSSR count). The number of nitrogens with zero attached hydrogens (tertiary/aromatic N) is 2. The molecular weight excluding hydrogens is 420 g/mol. The summed E-state index contributed by atoms with van der Waals surface area (Å²) in [4.78, 5) is 20.6. The smallest absolute Gasteiger partial charge is 0.317 e. The normalized spacial score (nSPS) is 21.5. The number of rotatable bonds is 3. The molecule has 2 heterocycles. The summed E-state index contributed by atoms with van der Waals surface area (Å²) in [5.74, 6) is 7.20. The van der Waals surface area contributed by atoms with E-state index in [9.17, 15) is 4.79 Å². The lowest BCUT2D eigenvalue weighted by atomic mass is 9.73. The number of nitrogens with one attached hydrogen (secondary N) is 2. The average molecular weight is 455 g/mol. The number of piperidine rings is 1. The van der Waals surface area contributed by atoms with Crippen LogP contribution in [0.4, 0.5) is 4.79 Å². The molecule has 0 radical (unpaired) electrons. The number of hydrogen-bond acceptors (Lipinski definition) is 2. The first-order chi connectivity index (χ1) is 16.5. The van der Waals surface area contributed by atoms with Gasteiger partial charge in [0, 0.05) is 54.1 Å². The fourth-order valence-electron chi connectivity index (χ4n) is 5.87. The Labute approximate surface area is 202 Å². The number of likely N-dealkylation sites (tertiary alicyclic amines) is 1. The minimum Gasteiger partial charge on any atom is -0.348 e. The molecule has 2 N–H and O–H groups in total. The third-order valence-corrected chi connectivity index (χ3v) is 7.58. The Balaban J connectivity index is 1.47. The summed E-state index contributed by atoms with van der Waals surface area (Å²) >= 11 is 0. The van der Waals surface area contributed by atoms with Gasteiger partial charge in [-0.3, -0.25) is 0 Å². The van der Waals surface area contributed by atoms with Crippen molar-refractivity contribution in [3.8, 4) is 11.8 Å². The first kappa shape index (κ1) is 22.6. The van der Waals surface area contributed by atoms with Crippen molar-refractivity contribution in [2.24, 2.45) is 0 Å². The average Bonchev–Trinajstić information content (AvgIpc) is 3.18. The number of H-pyrrole nitrogens is 1. The Morgan fingerprint density at radius 2 is 1.97 bits per heavy atom. The van der Waals surface area contributed by atoms with Gasteiger partial charge < -0.3 is 20.1 Å². The lowest BCUT2D eigenvalue weighted by Crippen LogP contribution is -2.56. The van der Waals surface area contributed by atoms with Crippen molar-refractivity contribution in [2.45, 2.75) is 51.6 Å². The Kier molecular flexibility index (Phi) is 6.10. The Hall–Kier alpha value is -3.23. The highest BCUT2D eigenvalue weighted by atomic mass is 16.2. The molecule has 34 heavy (non-hydrogen) atoms. The van der Waals surface area contributed by atoms with Crippen LogP contribution in [0.15, 0.2) is 42.5 Å². The second kappa shape index (κ2) is 9.19. The van der Waals surface area contributed by atoms with Gasteiger partial charge in [0.25, 0.3) is 0 Å². The molecule has 2 aromatic carbocycles. The second-order valence-electron chi connectivity index (χ2n) is 9.74. The van der Waals surface area contributed by atoms with E-state index in [1.54, 1.807) is 0 Å². The predicted octanol–water partition coefficient (Wildman–Crippen LogP) is 4.64. The summed E-state index contributed by atoms with van der Waals surface area (Å²) in [7, 11) is 2.20. The van der Waals surface area contributed by atoms with Crippen molar-refractivity contribution in [1.82, 2.24) is 20.1 Å². The Morgan fingerprint density at radius 1 is 1.18 bits per heavy atom. The molecule has 1 saturated heterocycles. The topological polar surface area (TPSA) is 51.4 Å². The van der Waals surface area contributed by atoms with Crippen LogP contribution in [-0.4, -0.2) is 59.6 Å². The monoisotopic (exact) mass is 454 g/mol. The fourth-order valence-corrected chi connectivity index (χ4v) is 5.87. The molecular formula is C29H34N4O. The summed E-state index contributed by atoms with van der Waals surface area (Å²) in [6.45, 7) is 8.49. The lowest BCUT2D eigenvalue weighted by molar-refractivity contribution is 0.124. The van der Waals surface area contributed by atoms with Gasteiger partial charge in [-0.05, 0) is 81.5 Å². The van der Waals surface area contributed by atoms with Crippen LogP contribution in [0.3, 0.4) is 0 Å². The number of likely N-dealkylation sites (N-methyl/N-ethyl adjacent to an activating group) is 1. The number of aromatic nitrogens is 1. The van der Waals surface area contributed by atoms with Gasteiger partial charge in [-0.15, -0.1) is 0 Å². The van der Waals surface area contributed by atoms with E-state index in [0.29, 0.717) is 12.0 Å². The zero-order valence-corrected chi connectivity index (χ0v) is 20.6. The summed E-state index contributed by atoms with van der Waals surface area (Å²) in [5.41, 5.74) is 7.19. The van der Waals surface area contributed by atoms with Gasteiger partial charge in [-0.1, -0.05) is 30.2 Å². The van der Waals surface area contributed by atoms with Crippen LogP contribution in [0, 0.1) is 18.8 Å². The van der Waals surface area contributed by atoms with Crippen LogP contribution in [0.5, 0.6) is 0 Å². The van der Waals surface area contributed by atoms with E-state index in [2.05, 4.69) is 83.5 Å². The van der Waals surface area contributed by atoms with Crippen molar-refractivity contribution >= 4 is 16.9 Å². The minimum atomic E-state index is 0.0481. The number of aromatic amines is 1. The minimum absolute atomic E-state index is 0.0481. The number of carbonyl (C=O) groups excluding carboxylic acids is 1. The quantitative estimate of drug-likeness (QED) is 0.567. The van der Waals surface area contributed by atoms with E-state index in [4.69, 9.17) is 0 Å². The van der Waals surface area contributed by atoms with E-state index in [1.807, 2.05) is 18.7 Å². The third kappa shape index (κ3) is 4.08. The highest BCUT2D eigenvalue weighted by Gasteiger charge is 2.40. The highest BCUT2D eigenvalue weighted by molar-refractivity contribution is 5.91. The molecule has 0 bridgehead atoms. The van der Waals surface area contributed by atoms with Crippen LogP contribution >= 0.6 is 0 Å². The maximum Gasteiger partial charge on any atom is 0.317 e. The maximum atomic E-state index is 12.7. The molecule has 0 saturated carbocycles. The number of amides is 2. The van der Waals surface area contributed by atoms with Gasteiger partial charge in [-0.2, -0.15) is 0 Å². The number of benzene rings is 2. The molecule has 1 aromatic heterocycles. The molecule has 1 aliphatic heterocycles. The maximum absolute atomic E-state index is 12.7. The first-order valence-electron chi connectivity index (χ1n) is 12.5. The van der Waals surface area contributed by atoms with Crippen LogP contribution in [0.25, 0.3) is 10.9 Å². The van der Waals surface area contributed by atoms with Crippen LogP contribution in [0.2, 0.25) is 0 Å². The zero-order chi connectivity index (χ0) is 23.8. The summed E-state index contributed by atoms with van der Waals surface area (Å²) < 4.78 is 0. The highest BCUT2D eigenvalue weighted by Crippen LogP contribution is 2.44. The van der Waals surface area contributed by atoms with Gasteiger partial charge in [0.05, 0.1) is 5.69 Å². The Morgan fingerprint density at radius 3 is 2.74 bits per heavy atom. The molecule has 1 aliphatic carbocycles. The number of fused-ring (bicyclic) bond motifs is 2. The summed E-state index contributed by atoms with van der Waals surface area (Å²) in [6.07, 6.45) is 1.95. The van der Waals surface area contributed by atoms with Crippen LogP contribution in [-0.2, 0) is 6.42 Å². The van der Waals surface area contributed by atoms with Crippen LogP contribution in [0.1, 0.15) is 54.1 Å². The van der Waals surface area contributed by atoms with Crippen molar-refractivity contribution < 1.29 is 4.79 Å². The van der Waals surface area contributed by atoms with E-state index >= 15 is 0 Å². The molecule has 176 valence electrons. The van der Waals surface area contributed by atoms with Gasteiger partial charge in [-0.25, -0.2) is 4.79 Å². The molecule has 0 unspecified atom stereocenters. The van der Waals surface area contributed by atoms with Gasteiger partial charge >= 0.3 is 6.03 Å². The van der Waals surface area contributed by atoms with Crippen molar-refractivity contribution in [1.29, 1.82) is 0 Å². The van der Waals surface area contributed by atoms with Gasteiger partial charge in [0.1, 0.15) is 0 Å². The molecule has 2 aliphatic rings. The fraction of sp³-hybridized carbons (Fsp3) is 0.414. The van der Waals surface area contributed by atoms with E-state index < -0.39 is 0 Å². The molecule has 1 fully saturated rings. The Bertz CT molecular complexity index is 1280. The van der Waals surface area contributed by atoms with Gasteiger partial charge in [0.2, 0.25) is 0 Å². The second-order valence-corrected chi connectivity index (χ2v) is 9.74. The van der Waals surface area contributed by atoms with E-state index in [-0.39, 0.29) is 12.1 Å². The molecule has 5 nitrogen and oxygen atoms in total. The van der Waals surface area contributed by atoms with Crippen molar-refractivity contribution in [2.75, 3.05) is 26.7 Å². The predicted molar refractivity (Wildman–Crippen MR) is 138 cm³/mol. The SMILES string of the molecule is CCN(CC)C(=O)N[C@H]1C[C@@H]2c3cccc4[nH]c(C#Cc5cccc(C)c5)c(c34)C[C@H]2N(C)C1. The molecule has 2 amide bonds. The van der Waals surface area contributed by atoms with Crippen molar-refractivity contribution in [3.63, 3.8) is 0 Å². The molecule has 3 atom stereocenters. The van der Waals surface area contributed by atoms with E-state index in [0.717, 1.165) is 49.2 Å². The molecule has 0 spiro atoms. The number of urea groups is 1. The van der Waals surface area contributed by atoms with E-state index in [1.165, 1.54) is 22.1 Å². The third-order valence-electron chi connectivity index (χ3n) is 7.58. The summed E-state index contributed by atoms with van der Waals surface area (Å²) in [5, 5.41) is 4.64. The van der Waals surface area contributed by atoms with Crippen LogP contribution < -0.4 is 5.32 Å². The zero-order valence-electron chi connectivity index (χ0n) is 20.6. The molecule has 5 heteroatoms.